The second-order valence-electron chi connectivity index (χ2n) is 6.00. The Kier molecular flexibility index (Phi) is 5.00. The highest BCUT2D eigenvalue weighted by Gasteiger charge is 2.22. The Morgan fingerprint density at radius 3 is 2.58 bits per heavy atom. The quantitative estimate of drug-likeness (QED) is 0.897. The molecule has 0 radical (unpaired) electrons. The maximum Gasteiger partial charge on any atom is 0.0242 e. The van der Waals surface area contributed by atoms with Crippen molar-refractivity contribution >= 4 is 0 Å². The molecule has 2 rings (SSSR count). The summed E-state index contributed by atoms with van der Waals surface area (Å²) in [5.74, 6) is 0. The average molecular weight is 260 g/mol. The zero-order chi connectivity index (χ0) is 13.8. The maximum absolute atomic E-state index is 3.67. The van der Waals surface area contributed by atoms with Gasteiger partial charge in [-0.15, -0.1) is 0 Å². The summed E-state index contributed by atoms with van der Waals surface area (Å²) in [6.45, 7) is 12.5. The fourth-order valence-corrected chi connectivity index (χ4v) is 3.00. The predicted molar refractivity (Wildman–Crippen MR) is 82.5 cm³/mol. The van der Waals surface area contributed by atoms with Crippen molar-refractivity contribution in [2.75, 3.05) is 13.1 Å². The van der Waals surface area contributed by atoms with Crippen LogP contribution in [0, 0.1) is 13.8 Å². The van der Waals surface area contributed by atoms with Gasteiger partial charge in [-0.05, 0) is 56.8 Å². The lowest BCUT2D eigenvalue weighted by Gasteiger charge is -2.30. The lowest BCUT2D eigenvalue weighted by molar-refractivity contribution is 0.194. The van der Waals surface area contributed by atoms with Gasteiger partial charge in [0.15, 0.2) is 0 Å². The van der Waals surface area contributed by atoms with Gasteiger partial charge >= 0.3 is 0 Å². The smallest absolute Gasteiger partial charge is 0.0242 e. The Hall–Kier alpha value is -0.860. The first kappa shape index (κ1) is 14.5. The molecular weight excluding hydrogens is 232 g/mol. The molecule has 1 aromatic rings. The van der Waals surface area contributed by atoms with Crippen LogP contribution in [-0.4, -0.2) is 30.1 Å². The number of nitrogens with one attached hydrogen (secondary N) is 1. The fraction of sp³-hybridized carbons (Fsp3) is 0.647. The largest absolute Gasteiger partial charge is 0.313 e. The van der Waals surface area contributed by atoms with Gasteiger partial charge in [0.1, 0.15) is 0 Å². The Morgan fingerprint density at radius 1 is 1.26 bits per heavy atom. The van der Waals surface area contributed by atoms with Crippen LogP contribution in [0.1, 0.15) is 43.4 Å². The highest BCUT2D eigenvalue weighted by molar-refractivity contribution is 5.33. The Labute approximate surface area is 118 Å². The number of rotatable bonds is 3. The van der Waals surface area contributed by atoms with E-state index in [9.17, 15) is 0 Å². The first-order valence-corrected chi connectivity index (χ1v) is 7.64. The summed E-state index contributed by atoms with van der Waals surface area (Å²) in [5.41, 5.74) is 4.38. The van der Waals surface area contributed by atoms with E-state index in [1.54, 1.807) is 0 Å². The molecule has 0 spiro atoms. The van der Waals surface area contributed by atoms with Gasteiger partial charge in [-0.3, -0.25) is 4.90 Å². The highest BCUT2D eigenvalue weighted by atomic mass is 15.2. The van der Waals surface area contributed by atoms with Crippen LogP contribution in [0.3, 0.4) is 0 Å². The Balaban J connectivity index is 2.15. The van der Waals surface area contributed by atoms with Gasteiger partial charge < -0.3 is 5.32 Å². The molecule has 0 bridgehead atoms. The van der Waals surface area contributed by atoms with E-state index in [2.05, 4.69) is 56.1 Å². The first-order chi connectivity index (χ1) is 9.11. The van der Waals surface area contributed by atoms with Gasteiger partial charge in [-0.2, -0.15) is 0 Å². The lowest BCUT2D eigenvalue weighted by Crippen LogP contribution is -2.39. The molecule has 2 unspecified atom stereocenters. The zero-order valence-electron chi connectivity index (χ0n) is 12.9. The minimum atomic E-state index is 0.647. The maximum atomic E-state index is 3.67. The zero-order valence-corrected chi connectivity index (χ0v) is 12.9. The molecule has 0 amide bonds. The van der Waals surface area contributed by atoms with Crippen molar-refractivity contribution in [1.29, 1.82) is 0 Å². The second-order valence-corrected chi connectivity index (χ2v) is 6.00. The molecule has 19 heavy (non-hydrogen) atoms. The normalized spacial score (nSPS) is 25.3. The topological polar surface area (TPSA) is 15.3 Å². The van der Waals surface area contributed by atoms with E-state index in [-0.39, 0.29) is 0 Å². The van der Waals surface area contributed by atoms with E-state index in [4.69, 9.17) is 0 Å². The van der Waals surface area contributed by atoms with Crippen molar-refractivity contribution in [3.63, 3.8) is 0 Å². The Morgan fingerprint density at radius 2 is 1.95 bits per heavy atom. The van der Waals surface area contributed by atoms with Crippen molar-refractivity contribution in [1.82, 2.24) is 10.2 Å². The molecule has 1 saturated heterocycles. The number of nitrogens with zero attached hydrogens (tertiary/aromatic N) is 1. The summed E-state index contributed by atoms with van der Waals surface area (Å²) in [4.78, 5) is 2.66. The van der Waals surface area contributed by atoms with Gasteiger partial charge in [-0.25, -0.2) is 0 Å². The van der Waals surface area contributed by atoms with Crippen LogP contribution in [0.25, 0.3) is 0 Å². The third-order valence-electron chi connectivity index (χ3n) is 4.57. The minimum Gasteiger partial charge on any atom is -0.313 e. The number of hydrogen-bond acceptors (Lipinski definition) is 2. The first-order valence-electron chi connectivity index (χ1n) is 7.64. The predicted octanol–water partition coefficient (Wildman–Crippen LogP) is 3.27. The van der Waals surface area contributed by atoms with Gasteiger partial charge in [0, 0.05) is 25.2 Å². The molecule has 0 aromatic heterocycles. The molecule has 1 fully saturated rings. The molecule has 1 aliphatic rings. The van der Waals surface area contributed by atoms with Crippen LogP contribution >= 0.6 is 0 Å². The van der Waals surface area contributed by atoms with Crippen LogP contribution in [-0.2, 0) is 6.54 Å². The van der Waals surface area contributed by atoms with E-state index in [0.717, 1.165) is 13.1 Å². The van der Waals surface area contributed by atoms with Crippen molar-refractivity contribution in [2.24, 2.45) is 0 Å². The van der Waals surface area contributed by atoms with E-state index >= 15 is 0 Å². The standard InChI is InChI=1S/C17H28N2/c1-5-16-11-19(15(4)9-10-18-16)12-17-13(2)7-6-8-14(17)3/h6-8,15-16,18H,5,9-12H2,1-4H3. The van der Waals surface area contributed by atoms with Crippen molar-refractivity contribution in [2.45, 2.75) is 59.2 Å². The van der Waals surface area contributed by atoms with Gasteiger partial charge in [-0.1, -0.05) is 25.1 Å². The summed E-state index contributed by atoms with van der Waals surface area (Å²) in [6, 6.07) is 7.95. The van der Waals surface area contributed by atoms with Crippen LogP contribution in [0.2, 0.25) is 0 Å². The van der Waals surface area contributed by atoms with Crippen LogP contribution < -0.4 is 5.32 Å². The van der Waals surface area contributed by atoms with Crippen molar-refractivity contribution in [3.8, 4) is 0 Å². The molecule has 1 heterocycles. The molecule has 2 nitrogen and oxygen atoms in total. The summed E-state index contributed by atoms with van der Waals surface area (Å²) in [7, 11) is 0. The summed E-state index contributed by atoms with van der Waals surface area (Å²) in [6.07, 6.45) is 2.47. The summed E-state index contributed by atoms with van der Waals surface area (Å²) in [5, 5.41) is 3.67. The number of hydrogen-bond donors (Lipinski definition) is 1. The summed E-state index contributed by atoms with van der Waals surface area (Å²) >= 11 is 0. The Bertz CT molecular complexity index is 393. The molecule has 1 aliphatic heterocycles. The van der Waals surface area contributed by atoms with E-state index in [1.807, 2.05) is 0 Å². The van der Waals surface area contributed by atoms with E-state index < -0.39 is 0 Å². The third kappa shape index (κ3) is 3.58. The fourth-order valence-electron chi connectivity index (χ4n) is 3.00. The molecule has 1 aromatic carbocycles. The molecule has 106 valence electrons. The number of benzene rings is 1. The average Bonchev–Trinajstić information content (AvgIpc) is 2.56. The molecule has 1 N–H and O–H groups in total. The van der Waals surface area contributed by atoms with E-state index in [0.29, 0.717) is 12.1 Å². The molecular formula is C17H28N2. The molecule has 0 saturated carbocycles. The van der Waals surface area contributed by atoms with Crippen LogP contribution in [0.4, 0.5) is 0 Å². The van der Waals surface area contributed by atoms with Gasteiger partial charge in [0.2, 0.25) is 0 Å². The third-order valence-corrected chi connectivity index (χ3v) is 4.57. The van der Waals surface area contributed by atoms with E-state index in [1.165, 1.54) is 36.1 Å². The molecule has 2 heteroatoms. The van der Waals surface area contributed by atoms with Crippen LogP contribution in [0.15, 0.2) is 18.2 Å². The number of aryl methyl sites for hydroxylation is 2. The highest BCUT2D eigenvalue weighted by Crippen LogP contribution is 2.20. The summed E-state index contributed by atoms with van der Waals surface area (Å²) < 4.78 is 0. The van der Waals surface area contributed by atoms with Gasteiger partial charge in [0.05, 0.1) is 0 Å². The van der Waals surface area contributed by atoms with Crippen molar-refractivity contribution in [3.05, 3.63) is 34.9 Å². The molecule has 2 atom stereocenters. The minimum absolute atomic E-state index is 0.647. The monoisotopic (exact) mass is 260 g/mol. The van der Waals surface area contributed by atoms with Crippen LogP contribution in [0.5, 0.6) is 0 Å². The van der Waals surface area contributed by atoms with Gasteiger partial charge in [0.25, 0.3) is 0 Å². The molecule has 0 aliphatic carbocycles. The second kappa shape index (κ2) is 6.53. The lowest BCUT2D eigenvalue weighted by atomic mass is 10.0. The van der Waals surface area contributed by atoms with Crippen molar-refractivity contribution < 1.29 is 0 Å². The SMILES string of the molecule is CCC1CN(Cc2c(C)cccc2C)C(C)CCN1.